The molecule has 4 rings (SSSR count). The Morgan fingerprint density at radius 2 is 1.82 bits per heavy atom. The van der Waals surface area contributed by atoms with E-state index >= 15 is 0 Å². The maximum absolute atomic E-state index is 2.80. The van der Waals surface area contributed by atoms with Gasteiger partial charge in [-0.3, -0.25) is 4.90 Å². The first-order chi connectivity index (χ1) is 8.43. The van der Waals surface area contributed by atoms with Gasteiger partial charge in [0.1, 0.15) is 0 Å². The van der Waals surface area contributed by atoms with Gasteiger partial charge in [0.25, 0.3) is 0 Å². The third-order valence-corrected chi connectivity index (χ3v) is 5.23. The smallest absolute Gasteiger partial charge is 0.0195 e. The lowest BCUT2D eigenvalue weighted by Crippen LogP contribution is -2.54. The Balaban J connectivity index is 1.79. The lowest BCUT2D eigenvalue weighted by molar-refractivity contribution is 0.0350. The Morgan fingerprint density at radius 1 is 1.00 bits per heavy atom. The van der Waals surface area contributed by atoms with E-state index in [1.165, 1.54) is 45.2 Å². The fourth-order valence-corrected chi connectivity index (χ4v) is 4.63. The van der Waals surface area contributed by atoms with Crippen molar-refractivity contribution in [2.75, 3.05) is 13.1 Å². The number of hydrogen-bond acceptors (Lipinski definition) is 1. The topological polar surface area (TPSA) is 3.24 Å². The summed E-state index contributed by atoms with van der Waals surface area (Å²) in [6.07, 6.45) is 7.06. The van der Waals surface area contributed by atoms with Gasteiger partial charge >= 0.3 is 0 Å². The van der Waals surface area contributed by atoms with E-state index in [0.717, 1.165) is 17.9 Å². The van der Waals surface area contributed by atoms with Gasteiger partial charge in [-0.15, -0.1) is 0 Å². The van der Waals surface area contributed by atoms with Gasteiger partial charge in [-0.05, 0) is 62.2 Å². The van der Waals surface area contributed by atoms with Crippen LogP contribution in [-0.2, 0) is 6.42 Å². The summed E-state index contributed by atoms with van der Waals surface area (Å²) in [5.74, 6) is 1.79. The molecule has 3 aliphatic rings. The second-order valence-electron chi connectivity index (χ2n) is 6.08. The van der Waals surface area contributed by atoms with Crippen LogP contribution in [-0.4, -0.2) is 24.0 Å². The predicted molar refractivity (Wildman–Crippen MR) is 70.2 cm³/mol. The molecule has 2 saturated heterocycles. The summed E-state index contributed by atoms with van der Waals surface area (Å²) in [5, 5.41) is 0. The minimum Gasteiger partial charge on any atom is -0.299 e. The Labute approximate surface area is 104 Å². The fourth-order valence-electron chi connectivity index (χ4n) is 4.63. The van der Waals surface area contributed by atoms with Crippen molar-refractivity contribution in [2.24, 2.45) is 5.92 Å². The van der Waals surface area contributed by atoms with Crippen LogP contribution in [0.5, 0.6) is 0 Å². The van der Waals surface area contributed by atoms with Crippen LogP contribution in [0.25, 0.3) is 0 Å². The predicted octanol–water partition coefficient (Wildman–Crippen LogP) is 3.20. The highest BCUT2D eigenvalue weighted by atomic mass is 15.2. The van der Waals surface area contributed by atoms with E-state index in [-0.39, 0.29) is 0 Å². The molecule has 0 aromatic heterocycles. The van der Waals surface area contributed by atoms with Gasteiger partial charge in [0, 0.05) is 12.0 Å². The van der Waals surface area contributed by atoms with Gasteiger partial charge in [-0.2, -0.15) is 0 Å². The molecule has 1 heteroatoms. The quantitative estimate of drug-likeness (QED) is 0.658. The van der Waals surface area contributed by atoms with E-state index in [0.29, 0.717) is 0 Å². The lowest BCUT2D eigenvalue weighted by Gasteiger charge is -2.52. The largest absolute Gasteiger partial charge is 0.299 e. The Bertz CT molecular complexity index is 423. The molecule has 0 saturated carbocycles. The minimum atomic E-state index is 0.846. The average molecular weight is 227 g/mol. The molecular weight excluding hydrogens is 206 g/mol. The van der Waals surface area contributed by atoms with Gasteiger partial charge in [0.15, 0.2) is 0 Å². The van der Waals surface area contributed by atoms with Crippen molar-refractivity contribution in [1.29, 1.82) is 0 Å². The number of rotatable bonds is 0. The molecule has 2 fully saturated rings. The average Bonchev–Trinajstić information content (AvgIpc) is 2.39. The standard InChI is InChI=1S/C16H21N/c1-2-7-14-12(5-1)11-13-6-3-9-17-10-4-8-15(14)16(13)17/h1-2,5,7,13,15-16H,3-4,6,8-11H2/t13?,15-,16+/m1/s1. The van der Waals surface area contributed by atoms with Crippen molar-refractivity contribution < 1.29 is 0 Å². The first-order valence-electron chi connectivity index (χ1n) is 7.25. The van der Waals surface area contributed by atoms with Crippen LogP contribution in [0.15, 0.2) is 24.3 Å². The third-order valence-electron chi connectivity index (χ3n) is 5.23. The summed E-state index contributed by atoms with van der Waals surface area (Å²) in [4.78, 5) is 2.80. The van der Waals surface area contributed by atoms with Crippen molar-refractivity contribution in [3.05, 3.63) is 35.4 Å². The molecule has 0 amide bonds. The maximum Gasteiger partial charge on any atom is 0.0195 e. The van der Waals surface area contributed by atoms with Crippen molar-refractivity contribution in [2.45, 2.75) is 44.1 Å². The molecule has 1 aliphatic carbocycles. The van der Waals surface area contributed by atoms with Crippen LogP contribution in [0.4, 0.5) is 0 Å². The van der Waals surface area contributed by atoms with E-state index < -0.39 is 0 Å². The van der Waals surface area contributed by atoms with Crippen LogP contribution in [0.1, 0.15) is 42.7 Å². The first kappa shape index (κ1) is 10.1. The molecule has 17 heavy (non-hydrogen) atoms. The summed E-state index contributed by atoms with van der Waals surface area (Å²) >= 11 is 0. The van der Waals surface area contributed by atoms with Gasteiger partial charge in [0.05, 0.1) is 0 Å². The molecule has 0 bridgehead atoms. The fraction of sp³-hybridized carbons (Fsp3) is 0.625. The molecule has 3 atom stereocenters. The number of nitrogens with zero attached hydrogens (tertiary/aromatic N) is 1. The SMILES string of the molecule is c1ccc2c(c1)CC1CCCN3CCC[C@H]2[C@H]13. The molecule has 1 aromatic carbocycles. The molecule has 0 N–H and O–H groups in total. The van der Waals surface area contributed by atoms with Crippen molar-refractivity contribution in [3.8, 4) is 0 Å². The van der Waals surface area contributed by atoms with Crippen LogP contribution in [0, 0.1) is 5.92 Å². The lowest BCUT2D eigenvalue weighted by atomic mass is 9.66. The van der Waals surface area contributed by atoms with Crippen LogP contribution in [0.2, 0.25) is 0 Å². The second-order valence-corrected chi connectivity index (χ2v) is 6.08. The first-order valence-corrected chi connectivity index (χ1v) is 7.25. The minimum absolute atomic E-state index is 0.846. The highest BCUT2D eigenvalue weighted by Crippen LogP contribution is 2.46. The van der Waals surface area contributed by atoms with E-state index in [1.54, 1.807) is 11.1 Å². The summed E-state index contributed by atoms with van der Waals surface area (Å²) in [6.45, 7) is 2.72. The van der Waals surface area contributed by atoms with E-state index in [9.17, 15) is 0 Å². The molecule has 1 unspecified atom stereocenters. The van der Waals surface area contributed by atoms with Gasteiger partial charge in [-0.25, -0.2) is 0 Å². The molecular formula is C16H21N. The van der Waals surface area contributed by atoms with Crippen molar-refractivity contribution >= 4 is 0 Å². The Hall–Kier alpha value is -0.820. The number of piperidine rings is 2. The second kappa shape index (κ2) is 3.84. The normalized spacial score (nSPS) is 36.1. The zero-order valence-corrected chi connectivity index (χ0v) is 10.4. The monoisotopic (exact) mass is 227 g/mol. The molecule has 90 valence electrons. The van der Waals surface area contributed by atoms with Gasteiger partial charge in [-0.1, -0.05) is 24.3 Å². The molecule has 2 aliphatic heterocycles. The number of fused-ring (bicyclic) bond motifs is 2. The van der Waals surface area contributed by atoms with E-state index in [1.807, 2.05) is 0 Å². The Morgan fingerprint density at radius 3 is 2.76 bits per heavy atom. The number of benzene rings is 1. The summed E-state index contributed by atoms with van der Waals surface area (Å²) in [5.41, 5.74) is 3.34. The van der Waals surface area contributed by atoms with E-state index in [2.05, 4.69) is 29.2 Å². The zero-order valence-electron chi connectivity index (χ0n) is 10.4. The van der Waals surface area contributed by atoms with E-state index in [4.69, 9.17) is 0 Å². The Kier molecular flexibility index (Phi) is 2.29. The van der Waals surface area contributed by atoms with Gasteiger partial charge in [0.2, 0.25) is 0 Å². The molecule has 0 radical (unpaired) electrons. The highest BCUT2D eigenvalue weighted by molar-refractivity contribution is 5.36. The molecule has 2 heterocycles. The molecule has 1 nitrogen and oxygen atoms in total. The van der Waals surface area contributed by atoms with Crippen LogP contribution in [0.3, 0.4) is 0 Å². The van der Waals surface area contributed by atoms with Gasteiger partial charge < -0.3 is 0 Å². The van der Waals surface area contributed by atoms with Crippen LogP contribution >= 0.6 is 0 Å². The third kappa shape index (κ3) is 1.48. The zero-order chi connectivity index (χ0) is 11.2. The molecule has 0 spiro atoms. The highest BCUT2D eigenvalue weighted by Gasteiger charge is 2.43. The van der Waals surface area contributed by atoms with Crippen molar-refractivity contribution in [1.82, 2.24) is 4.90 Å². The number of hydrogen-bond donors (Lipinski definition) is 0. The summed E-state index contributed by atoms with van der Waals surface area (Å²) in [7, 11) is 0. The summed E-state index contributed by atoms with van der Waals surface area (Å²) in [6, 6.07) is 10.1. The maximum atomic E-state index is 2.80. The molecule has 1 aromatic rings. The van der Waals surface area contributed by atoms with Crippen LogP contribution < -0.4 is 0 Å². The summed E-state index contributed by atoms with van der Waals surface area (Å²) < 4.78 is 0. The van der Waals surface area contributed by atoms with Crippen molar-refractivity contribution in [3.63, 3.8) is 0 Å².